The highest BCUT2D eigenvalue weighted by atomic mass is 16.5. The molecular weight excluding hydrogens is 150 g/mol. The smallest absolute Gasteiger partial charge is 0.148 e. The van der Waals surface area contributed by atoms with Crippen LogP contribution in [0.3, 0.4) is 0 Å². The number of nitrogens with two attached hydrogens (primary N) is 1. The van der Waals surface area contributed by atoms with Gasteiger partial charge in [0.25, 0.3) is 0 Å². The quantitative estimate of drug-likeness (QED) is 0.528. The van der Waals surface area contributed by atoms with E-state index in [1.807, 2.05) is 19.1 Å². The average Bonchev–Trinajstić information content (AvgIpc) is 2.07. The maximum absolute atomic E-state index is 5.64. The summed E-state index contributed by atoms with van der Waals surface area (Å²) in [5.74, 6) is 3.05. The van der Waals surface area contributed by atoms with Crippen molar-refractivity contribution in [2.24, 2.45) is 0 Å². The van der Waals surface area contributed by atoms with Crippen molar-refractivity contribution in [3.8, 4) is 18.1 Å². The molecular formula is C10H11NO. The average molecular weight is 161 g/mol. The minimum atomic E-state index is 0.258. The van der Waals surface area contributed by atoms with Crippen molar-refractivity contribution in [3.63, 3.8) is 0 Å². The Morgan fingerprint density at radius 2 is 2.33 bits per heavy atom. The first-order valence-electron chi connectivity index (χ1n) is 3.66. The number of hydrogen-bond donors (Lipinski definition) is 1. The van der Waals surface area contributed by atoms with Crippen LogP contribution in [0.4, 0.5) is 5.69 Å². The molecule has 0 radical (unpaired) electrons. The second-order valence-electron chi connectivity index (χ2n) is 2.53. The van der Waals surface area contributed by atoms with Gasteiger partial charge in [-0.3, -0.25) is 0 Å². The second-order valence-corrected chi connectivity index (χ2v) is 2.53. The van der Waals surface area contributed by atoms with Gasteiger partial charge in [-0.25, -0.2) is 0 Å². The van der Waals surface area contributed by atoms with Crippen molar-refractivity contribution in [2.75, 3.05) is 12.3 Å². The van der Waals surface area contributed by atoms with Gasteiger partial charge in [0.05, 0.1) is 5.69 Å². The zero-order valence-corrected chi connectivity index (χ0v) is 7.00. The number of anilines is 1. The molecule has 2 heteroatoms. The molecule has 1 aromatic carbocycles. The Hall–Kier alpha value is -1.62. The molecule has 0 fully saturated rings. The number of hydrogen-bond acceptors (Lipinski definition) is 2. The first kappa shape index (κ1) is 8.48. The Bertz CT molecular complexity index is 312. The minimum absolute atomic E-state index is 0.258. The van der Waals surface area contributed by atoms with Crippen LogP contribution in [0.15, 0.2) is 18.2 Å². The van der Waals surface area contributed by atoms with Crippen LogP contribution in [0.1, 0.15) is 5.56 Å². The van der Waals surface area contributed by atoms with E-state index < -0.39 is 0 Å². The zero-order valence-electron chi connectivity index (χ0n) is 7.00. The van der Waals surface area contributed by atoms with Gasteiger partial charge in [0.1, 0.15) is 12.4 Å². The maximum atomic E-state index is 5.64. The molecule has 1 rings (SSSR count). The van der Waals surface area contributed by atoms with Gasteiger partial charge < -0.3 is 10.5 Å². The fraction of sp³-hybridized carbons (Fsp3) is 0.200. The first-order chi connectivity index (χ1) is 5.74. The topological polar surface area (TPSA) is 35.2 Å². The minimum Gasteiger partial charge on any atom is -0.479 e. The molecule has 0 saturated heterocycles. The van der Waals surface area contributed by atoms with E-state index in [0.29, 0.717) is 11.4 Å². The molecule has 0 unspecified atom stereocenters. The van der Waals surface area contributed by atoms with Gasteiger partial charge >= 0.3 is 0 Å². The molecule has 1 aromatic rings. The molecule has 0 heterocycles. The summed E-state index contributed by atoms with van der Waals surface area (Å²) in [6.07, 6.45) is 5.05. The Labute approximate surface area is 72.3 Å². The number of nitrogen functional groups attached to an aromatic ring is 1. The third kappa shape index (κ3) is 1.93. The normalized spacial score (nSPS) is 9.00. The standard InChI is InChI=1S/C10H11NO/c1-3-6-12-10-7-8(2)4-5-9(10)11/h1,4-5,7H,6,11H2,2H3. The summed E-state index contributed by atoms with van der Waals surface area (Å²) in [5.41, 5.74) is 7.37. The van der Waals surface area contributed by atoms with E-state index in [0.717, 1.165) is 5.56 Å². The summed E-state index contributed by atoms with van der Waals surface area (Å²) in [6.45, 7) is 2.23. The van der Waals surface area contributed by atoms with Crippen LogP contribution in [-0.2, 0) is 0 Å². The summed E-state index contributed by atoms with van der Waals surface area (Å²) in [4.78, 5) is 0. The molecule has 0 aliphatic carbocycles. The van der Waals surface area contributed by atoms with Crippen molar-refractivity contribution < 1.29 is 4.74 Å². The SMILES string of the molecule is C#CCOc1cc(C)ccc1N. The molecule has 0 amide bonds. The molecule has 2 nitrogen and oxygen atoms in total. The third-order valence-electron chi connectivity index (χ3n) is 1.48. The Kier molecular flexibility index (Phi) is 2.60. The molecule has 12 heavy (non-hydrogen) atoms. The predicted molar refractivity (Wildman–Crippen MR) is 49.9 cm³/mol. The first-order valence-corrected chi connectivity index (χ1v) is 3.66. The number of ether oxygens (including phenoxy) is 1. The van der Waals surface area contributed by atoms with Crippen molar-refractivity contribution >= 4 is 5.69 Å². The lowest BCUT2D eigenvalue weighted by molar-refractivity contribution is 0.372. The van der Waals surface area contributed by atoms with Crippen LogP contribution in [-0.4, -0.2) is 6.61 Å². The van der Waals surface area contributed by atoms with Gasteiger partial charge in [-0.15, -0.1) is 6.42 Å². The number of aryl methyl sites for hydroxylation is 1. The summed E-state index contributed by atoms with van der Waals surface area (Å²) in [5, 5.41) is 0. The van der Waals surface area contributed by atoms with Gasteiger partial charge in [0, 0.05) is 0 Å². The summed E-state index contributed by atoms with van der Waals surface area (Å²) in [6, 6.07) is 5.60. The van der Waals surface area contributed by atoms with Crippen LogP contribution in [0.2, 0.25) is 0 Å². The molecule has 0 atom stereocenters. The molecule has 0 aliphatic heterocycles. The van der Waals surface area contributed by atoms with Gasteiger partial charge in [0.2, 0.25) is 0 Å². The van der Waals surface area contributed by atoms with E-state index in [4.69, 9.17) is 16.9 Å². The molecule has 0 saturated carbocycles. The largest absolute Gasteiger partial charge is 0.479 e. The fourth-order valence-corrected chi connectivity index (χ4v) is 0.886. The lowest BCUT2D eigenvalue weighted by atomic mass is 10.2. The van der Waals surface area contributed by atoms with Gasteiger partial charge in [-0.2, -0.15) is 0 Å². The predicted octanol–water partition coefficient (Wildman–Crippen LogP) is 1.59. The van der Waals surface area contributed by atoms with Crippen molar-refractivity contribution in [1.82, 2.24) is 0 Å². The van der Waals surface area contributed by atoms with Crippen molar-refractivity contribution in [1.29, 1.82) is 0 Å². The molecule has 0 spiro atoms. The van der Waals surface area contributed by atoms with Crippen LogP contribution in [0, 0.1) is 19.3 Å². The van der Waals surface area contributed by atoms with E-state index >= 15 is 0 Å². The summed E-state index contributed by atoms with van der Waals surface area (Å²) < 4.78 is 5.21. The van der Waals surface area contributed by atoms with Crippen LogP contribution in [0.5, 0.6) is 5.75 Å². The number of benzene rings is 1. The molecule has 2 N–H and O–H groups in total. The van der Waals surface area contributed by atoms with E-state index in [2.05, 4.69) is 5.92 Å². The lowest BCUT2D eigenvalue weighted by Gasteiger charge is -2.05. The molecule has 0 bridgehead atoms. The van der Waals surface area contributed by atoms with Crippen molar-refractivity contribution in [2.45, 2.75) is 6.92 Å². The Morgan fingerprint density at radius 3 is 3.00 bits per heavy atom. The highest BCUT2D eigenvalue weighted by Gasteiger charge is 1.98. The number of terminal acetylenes is 1. The van der Waals surface area contributed by atoms with E-state index in [1.54, 1.807) is 6.07 Å². The van der Waals surface area contributed by atoms with Gasteiger partial charge in [-0.05, 0) is 24.6 Å². The second kappa shape index (κ2) is 3.68. The monoisotopic (exact) mass is 161 g/mol. The van der Waals surface area contributed by atoms with Crippen LogP contribution in [0.25, 0.3) is 0 Å². The highest BCUT2D eigenvalue weighted by molar-refractivity contribution is 5.53. The fourth-order valence-electron chi connectivity index (χ4n) is 0.886. The van der Waals surface area contributed by atoms with Crippen molar-refractivity contribution in [3.05, 3.63) is 23.8 Å². The third-order valence-corrected chi connectivity index (χ3v) is 1.48. The Balaban J connectivity index is 2.84. The van der Waals surface area contributed by atoms with Crippen LogP contribution < -0.4 is 10.5 Å². The lowest BCUT2D eigenvalue weighted by Crippen LogP contribution is -1.97. The number of rotatable bonds is 2. The molecule has 0 aliphatic rings. The highest BCUT2D eigenvalue weighted by Crippen LogP contribution is 2.21. The van der Waals surface area contributed by atoms with Gasteiger partial charge in [-0.1, -0.05) is 12.0 Å². The summed E-state index contributed by atoms with van der Waals surface area (Å²) in [7, 11) is 0. The zero-order chi connectivity index (χ0) is 8.97. The van der Waals surface area contributed by atoms with E-state index in [1.165, 1.54) is 0 Å². The molecule has 62 valence electrons. The Morgan fingerprint density at radius 1 is 1.58 bits per heavy atom. The summed E-state index contributed by atoms with van der Waals surface area (Å²) >= 11 is 0. The molecule has 0 aromatic heterocycles. The van der Waals surface area contributed by atoms with Gasteiger partial charge in [0.15, 0.2) is 0 Å². The van der Waals surface area contributed by atoms with Crippen LogP contribution >= 0.6 is 0 Å². The maximum Gasteiger partial charge on any atom is 0.148 e. The van der Waals surface area contributed by atoms with E-state index in [9.17, 15) is 0 Å². The van der Waals surface area contributed by atoms with E-state index in [-0.39, 0.29) is 6.61 Å².